The molecule has 0 aromatic heterocycles. The summed E-state index contributed by atoms with van der Waals surface area (Å²) in [7, 11) is -6.92. The molecule has 0 bridgehead atoms. The van der Waals surface area contributed by atoms with E-state index in [1.807, 2.05) is 0 Å². The van der Waals surface area contributed by atoms with E-state index in [-0.39, 0.29) is 18.8 Å². The molecule has 2 aromatic rings. The standard InChI is InChI=1S/C18H20ClNO4S2/c19-16-8-6-15(7-9-16)14-25(21,22)20-12-10-18(11-13-20)26(23,24)17-4-2-1-3-5-17/h1-9,18H,10-14H2. The van der Waals surface area contributed by atoms with E-state index >= 15 is 0 Å². The summed E-state index contributed by atoms with van der Waals surface area (Å²) in [6.45, 7) is 0.430. The second kappa shape index (κ2) is 7.68. The zero-order valence-corrected chi connectivity index (χ0v) is 16.5. The second-order valence-corrected chi connectivity index (χ2v) is 11.0. The van der Waals surface area contributed by atoms with Crippen LogP contribution in [0, 0.1) is 0 Å². The van der Waals surface area contributed by atoms with E-state index in [4.69, 9.17) is 11.6 Å². The molecule has 140 valence electrons. The zero-order valence-electron chi connectivity index (χ0n) is 14.1. The first-order valence-electron chi connectivity index (χ1n) is 8.30. The molecule has 5 nitrogen and oxygen atoms in total. The number of nitrogens with zero attached hydrogens (tertiary/aromatic N) is 1. The molecule has 26 heavy (non-hydrogen) atoms. The van der Waals surface area contributed by atoms with Gasteiger partial charge in [-0.05, 0) is 42.7 Å². The number of benzene rings is 2. The minimum Gasteiger partial charge on any atom is -0.223 e. The number of rotatable bonds is 5. The Bertz CT molecular complexity index is 950. The van der Waals surface area contributed by atoms with Crippen molar-refractivity contribution in [1.82, 2.24) is 4.31 Å². The van der Waals surface area contributed by atoms with Crippen LogP contribution in [0.5, 0.6) is 0 Å². The fourth-order valence-electron chi connectivity index (χ4n) is 3.11. The van der Waals surface area contributed by atoms with Crippen molar-refractivity contribution in [3.8, 4) is 0 Å². The fourth-order valence-corrected chi connectivity index (χ4v) is 6.55. The van der Waals surface area contributed by atoms with Gasteiger partial charge in [-0.2, -0.15) is 0 Å². The molecule has 0 amide bonds. The van der Waals surface area contributed by atoms with Gasteiger partial charge in [0.25, 0.3) is 0 Å². The Hall–Kier alpha value is -1.41. The highest BCUT2D eigenvalue weighted by Gasteiger charge is 2.34. The fraction of sp³-hybridized carbons (Fsp3) is 0.333. The normalized spacial score (nSPS) is 17.3. The van der Waals surface area contributed by atoms with Crippen molar-refractivity contribution in [3.05, 3.63) is 65.2 Å². The van der Waals surface area contributed by atoms with Crippen molar-refractivity contribution in [2.75, 3.05) is 13.1 Å². The molecule has 0 unspecified atom stereocenters. The predicted molar refractivity (Wildman–Crippen MR) is 102 cm³/mol. The van der Waals surface area contributed by atoms with Gasteiger partial charge in [-0.25, -0.2) is 21.1 Å². The highest BCUT2D eigenvalue weighted by atomic mass is 35.5. The maximum Gasteiger partial charge on any atom is 0.218 e. The Morgan fingerprint density at radius 2 is 1.46 bits per heavy atom. The van der Waals surface area contributed by atoms with E-state index < -0.39 is 25.1 Å². The Morgan fingerprint density at radius 1 is 0.885 bits per heavy atom. The Labute approximate surface area is 159 Å². The SMILES string of the molecule is O=S(=O)(c1ccccc1)C1CCN(S(=O)(=O)Cc2ccc(Cl)cc2)CC1. The summed E-state index contributed by atoms with van der Waals surface area (Å²) in [5.41, 5.74) is 0.661. The molecule has 0 radical (unpaired) electrons. The summed E-state index contributed by atoms with van der Waals surface area (Å²) in [5, 5.41) is 0.00460. The largest absolute Gasteiger partial charge is 0.223 e. The lowest BCUT2D eigenvalue weighted by Gasteiger charge is -2.31. The van der Waals surface area contributed by atoms with Crippen LogP contribution in [0.2, 0.25) is 5.02 Å². The molecule has 0 saturated carbocycles. The molecule has 0 atom stereocenters. The average molecular weight is 414 g/mol. The van der Waals surface area contributed by atoms with Crippen molar-refractivity contribution in [3.63, 3.8) is 0 Å². The highest BCUT2D eigenvalue weighted by molar-refractivity contribution is 7.92. The smallest absolute Gasteiger partial charge is 0.218 e. The van der Waals surface area contributed by atoms with Crippen molar-refractivity contribution < 1.29 is 16.8 Å². The van der Waals surface area contributed by atoms with Gasteiger partial charge >= 0.3 is 0 Å². The minimum atomic E-state index is -3.49. The quantitative estimate of drug-likeness (QED) is 0.755. The van der Waals surface area contributed by atoms with Crippen LogP contribution in [-0.2, 0) is 25.6 Å². The first-order valence-corrected chi connectivity index (χ1v) is 11.8. The van der Waals surface area contributed by atoms with Crippen LogP contribution in [0.15, 0.2) is 59.5 Å². The van der Waals surface area contributed by atoms with Crippen LogP contribution in [0.4, 0.5) is 0 Å². The van der Waals surface area contributed by atoms with E-state index in [1.54, 1.807) is 54.6 Å². The first-order chi connectivity index (χ1) is 12.3. The third kappa shape index (κ3) is 4.28. The van der Waals surface area contributed by atoms with E-state index in [9.17, 15) is 16.8 Å². The molecular formula is C18H20ClNO4S2. The first kappa shape index (κ1) is 19.4. The molecule has 2 aromatic carbocycles. The summed E-state index contributed by atoms with van der Waals surface area (Å²) in [4.78, 5) is 0.294. The van der Waals surface area contributed by atoms with Gasteiger partial charge in [-0.15, -0.1) is 0 Å². The molecule has 0 N–H and O–H groups in total. The van der Waals surface area contributed by atoms with E-state index in [0.29, 0.717) is 28.3 Å². The highest BCUT2D eigenvalue weighted by Crippen LogP contribution is 2.26. The van der Waals surface area contributed by atoms with Crippen molar-refractivity contribution in [2.24, 2.45) is 0 Å². The lowest BCUT2D eigenvalue weighted by atomic mass is 10.2. The Kier molecular flexibility index (Phi) is 5.72. The topological polar surface area (TPSA) is 71.5 Å². The van der Waals surface area contributed by atoms with Gasteiger partial charge in [0, 0.05) is 18.1 Å². The third-order valence-electron chi connectivity index (χ3n) is 4.57. The van der Waals surface area contributed by atoms with E-state index in [0.717, 1.165) is 0 Å². The number of hydrogen-bond donors (Lipinski definition) is 0. The third-order valence-corrected chi connectivity index (χ3v) is 8.95. The van der Waals surface area contributed by atoms with Crippen LogP contribution >= 0.6 is 11.6 Å². The number of sulfone groups is 1. The van der Waals surface area contributed by atoms with Crippen molar-refractivity contribution >= 4 is 31.5 Å². The van der Waals surface area contributed by atoms with Gasteiger partial charge in [0.15, 0.2) is 9.84 Å². The Balaban J connectivity index is 1.67. The van der Waals surface area contributed by atoms with E-state index in [2.05, 4.69) is 0 Å². The molecule has 1 heterocycles. The molecule has 8 heteroatoms. The van der Waals surface area contributed by atoms with Crippen molar-refractivity contribution in [2.45, 2.75) is 28.7 Å². The van der Waals surface area contributed by atoms with Crippen LogP contribution in [-0.4, -0.2) is 39.5 Å². The minimum absolute atomic E-state index is 0.111. The van der Waals surface area contributed by atoms with Crippen LogP contribution in [0.1, 0.15) is 18.4 Å². The summed E-state index contributed by atoms with van der Waals surface area (Å²) in [6, 6.07) is 15.0. The molecule has 3 rings (SSSR count). The molecule has 1 fully saturated rings. The summed E-state index contributed by atoms with van der Waals surface area (Å²) in [5.74, 6) is -0.111. The zero-order chi connectivity index (χ0) is 18.8. The van der Waals surface area contributed by atoms with Crippen LogP contribution < -0.4 is 0 Å². The van der Waals surface area contributed by atoms with E-state index in [1.165, 1.54) is 4.31 Å². The maximum absolute atomic E-state index is 12.7. The molecule has 1 saturated heterocycles. The summed E-state index contributed by atoms with van der Waals surface area (Å²) >= 11 is 5.82. The summed E-state index contributed by atoms with van der Waals surface area (Å²) < 4.78 is 52.0. The van der Waals surface area contributed by atoms with Gasteiger partial charge in [0.1, 0.15) is 0 Å². The average Bonchev–Trinajstić information content (AvgIpc) is 2.64. The lowest BCUT2D eigenvalue weighted by molar-refractivity contribution is 0.345. The molecule has 1 aliphatic rings. The number of piperidine rings is 1. The molecule has 0 aliphatic carbocycles. The maximum atomic E-state index is 12.7. The van der Waals surface area contributed by atoms with Gasteiger partial charge < -0.3 is 0 Å². The van der Waals surface area contributed by atoms with Gasteiger partial charge in [-0.1, -0.05) is 41.9 Å². The van der Waals surface area contributed by atoms with Gasteiger partial charge in [0.05, 0.1) is 15.9 Å². The van der Waals surface area contributed by atoms with Gasteiger partial charge in [-0.3, -0.25) is 0 Å². The molecule has 0 spiro atoms. The summed E-state index contributed by atoms with van der Waals surface area (Å²) in [6.07, 6.45) is 0.605. The monoisotopic (exact) mass is 413 g/mol. The van der Waals surface area contributed by atoms with Crippen LogP contribution in [0.3, 0.4) is 0 Å². The predicted octanol–water partition coefficient (Wildman–Crippen LogP) is 3.11. The van der Waals surface area contributed by atoms with Crippen molar-refractivity contribution in [1.29, 1.82) is 0 Å². The Morgan fingerprint density at radius 3 is 2.04 bits per heavy atom. The van der Waals surface area contributed by atoms with Crippen LogP contribution in [0.25, 0.3) is 0 Å². The number of halogens is 1. The molecule has 1 aliphatic heterocycles. The lowest BCUT2D eigenvalue weighted by Crippen LogP contribution is -2.42. The second-order valence-electron chi connectivity index (χ2n) is 6.34. The molecular weight excluding hydrogens is 394 g/mol. The van der Waals surface area contributed by atoms with Gasteiger partial charge in [0.2, 0.25) is 10.0 Å². The number of hydrogen-bond acceptors (Lipinski definition) is 4. The number of sulfonamides is 1.